The molecule has 0 heterocycles. The van der Waals surface area contributed by atoms with Crippen LogP contribution in [0, 0.1) is 0 Å². The largest absolute Gasteiger partial charge is 0.432 e. The van der Waals surface area contributed by atoms with Gasteiger partial charge in [-0.3, -0.25) is 0 Å². The minimum atomic E-state index is -0.367. The Balaban J connectivity index is 1.89. The highest BCUT2D eigenvalue weighted by molar-refractivity contribution is 5.90. The Morgan fingerprint density at radius 1 is 0.821 bits per heavy atom. The first-order chi connectivity index (χ1) is 13.8. The Morgan fingerprint density at radius 2 is 1.29 bits per heavy atom. The van der Waals surface area contributed by atoms with Gasteiger partial charge >= 0.3 is 5.97 Å². The van der Waals surface area contributed by atoms with Crippen LogP contribution in [0.3, 0.4) is 0 Å². The normalized spacial score (nSPS) is 10.6. The summed E-state index contributed by atoms with van der Waals surface area (Å²) in [6, 6.07) is 7.39. The second-order valence-electron chi connectivity index (χ2n) is 7.67. The van der Waals surface area contributed by atoms with Crippen LogP contribution in [0.1, 0.15) is 107 Å². The van der Waals surface area contributed by atoms with E-state index in [9.17, 15) is 4.79 Å². The summed E-state index contributed by atoms with van der Waals surface area (Å²) in [7, 11) is 0. The number of nitrogens with one attached hydrogen (secondary N) is 1. The van der Waals surface area contributed by atoms with Gasteiger partial charge in [-0.2, -0.15) is 0 Å². The van der Waals surface area contributed by atoms with Crippen LogP contribution in [0.5, 0.6) is 0 Å². The monoisotopic (exact) mass is 387 g/mol. The molecule has 0 aliphatic heterocycles. The summed E-state index contributed by atoms with van der Waals surface area (Å²) in [6.45, 7) is 6.65. The quantitative estimate of drug-likeness (QED) is 0.158. The van der Waals surface area contributed by atoms with Crippen LogP contribution in [-0.4, -0.2) is 12.5 Å². The summed E-state index contributed by atoms with van der Waals surface area (Å²) in [5.41, 5.74) is 1.59. The summed E-state index contributed by atoms with van der Waals surface area (Å²) >= 11 is 0. The molecule has 28 heavy (non-hydrogen) atoms. The van der Waals surface area contributed by atoms with Crippen LogP contribution >= 0.6 is 0 Å². The van der Waals surface area contributed by atoms with E-state index in [2.05, 4.69) is 18.8 Å². The van der Waals surface area contributed by atoms with E-state index >= 15 is 0 Å². The number of carbonyl (C=O) groups is 1. The standard InChI is InChI=1S/C25H41NO2/c1-3-5-6-7-8-9-10-11-12-13-14-15-16-17-22-26-24-20-18-23(19-21-24)25(27)28-4-2/h4,18-21,26H,2-3,5-17,22H2,1H3. The second-order valence-corrected chi connectivity index (χ2v) is 7.67. The van der Waals surface area contributed by atoms with E-state index in [1.54, 1.807) is 12.1 Å². The van der Waals surface area contributed by atoms with Crippen LogP contribution in [0.2, 0.25) is 0 Å². The van der Waals surface area contributed by atoms with Crippen molar-refractivity contribution >= 4 is 11.7 Å². The first-order valence-electron chi connectivity index (χ1n) is 11.4. The number of rotatable bonds is 18. The molecule has 0 aliphatic carbocycles. The molecule has 0 spiro atoms. The third-order valence-corrected chi connectivity index (χ3v) is 5.17. The van der Waals surface area contributed by atoms with E-state index in [0.29, 0.717) is 5.56 Å². The predicted octanol–water partition coefficient (Wildman–Crippen LogP) is 7.88. The second kappa shape index (κ2) is 17.3. The Hall–Kier alpha value is -1.77. The molecule has 3 heteroatoms. The lowest BCUT2D eigenvalue weighted by Crippen LogP contribution is -2.03. The highest BCUT2D eigenvalue weighted by Crippen LogP contribution is 2.14. The maximum absolute atomic E-state index is 11.5. The molecular formula is C25H41NO2. The summed E-state index contributed by atoms with van der Waals surface area (Å²) in [6.07, 6.45) is 20.5. The summed E-state index contributed by atoms with van der Waals surface area (Å²) in [5, 5.41) is 3.41. The van der Waals surface area contributed by atoms with Gasteiger partial charge in [0.1, 0.15) is 0 Å². The number of ether oxygens (including phenoxy) is 1. The van der Waals surface area contributed by atoms with Gasteiger partial charge in [-0.25, -0.2) is 4.79 Å². The van der Waals surface area contributed by atoms with Crippen molar-refractivity contribution in [2.45, 2.75) is 96.8 Å². The molecule has 0 bridgehead atoms. The van der Waals surface area contributed by atoms with Crippen molar-refractivity contribution in [3.05, 3.63) is 42.7 Å². The third-order valence-electron chi connectivity index (χ3n) is 5.17. The van der Waals surface area contributed by atoms with Crippen molar-refractivity contribution in [2.75, 3.05) is 11.9 Å². The lowest BCUT2D eigenvalue weighted by atomic mass is 10.0. The average molecular weight is 388 g/mol. The van der Waals surface area contributed by atoms with Gasteiger partial charge in [0.25, 0.3) is 0 Å². The number of benzene rings is 1. The molecule has 158 valence electrons. The van der Waals surface area contributed by atoms with Crippen LogP contribution in [-0.2, 0) is 4.74 Å². The van der Waals surface area contributed by atoms with E-state index < -0.39 is 0 Å². The molecule has 0 saturated carbocycles. The molecule has 3 nitrogen and oxygen atoms in total. The van der Waals surface area contributed by atoms with Crippen molar-refractivity contribution in [3.63, 3.8) is 0 Å². The number of esters is 1. The molecule has 0 amide bonds. The fraction of sp³-hybridized carbons (Fsp3) is 0.640. The maximum atomic E-state index is 11.5. The molecule has 1 aromatic rings. The van der Waals surface area contributed by atoms with Gasteiger partial charge in [0.05, 0.1) is 11.8 Å². The maximum Gasteiger partial charge on any atom is 0.342 e. The van der Waals surface area contributed by atoms with Crippen molar-refractivity contribution in [1.29, 1.82) is 0 Å². The van der Waals surface area contributed by atoms with E-state index in [1.807, 2.05) is 12.1 Å². The molecule has 1 rings (SSSR count). The minimum Gasteiger partial charge on any atom is -0.432 e. The number of hydrogen-bond donors (Lipinski definition) is 1. The number of hydrogen-bond acceptors (Lipinski definition) is 3. The van der Waals surface area contributed by atoms with Gasteiger partial charge in [0, 0.05) is 12.2 Å². The van der Waals surface area contributed by atoms with Crippen molar-refractivity contribution in [3.8, 4) is 0 Å². The van der Waals surface area contributed by atoms with Crippen LogP contribution < -0.4 is 5.32 Å². The topological polar surface area (TPSA) is 38.3 Å². The Labute approximate surface area is 173 Å². The zero-order valence-electron chi connectivity index (χ0n) is 18.0. The van der Waals surface area contributed by atoms with Gasteiger partial charge in [-0.15, -0.1) is 0 Å². The zero-order valence-corrected chi connectivity index (χ0v) is 18.0. The molecule has 1 aromatic carbocycles. The molecule has 0 radical (unpaired) electrons. The van der Waals surface area contributed by atoms with E-state index in [1.165, 1.54) is 89.9 Å². The molecule has 0 fully saturated rings. The van der Waals surface area contributed by atoms with Gasteiger partial charge in [0.15, 0.2) is 0 Å². The Morgan fingerprint density at radius 3 is 1.75 bits per heavy atom. The van der Waals surface area contributed by atoms with Crippen LogP contribution in [0.15, 0.2) is 37.1 Å². The summed E-state index contributed by atoms with van der Waals surface area (Å²) < 4.78 is 4.76. The number of anilines is 1. The number of unbranched alkanes of at least 4 members (excludes halogenated alkanes) is 13. The van der Waals surface area contributed by atoms with Crippen LogP contribution in [0.25, 0.3) is 0 Å². The first-order valence-corrected chi connectivity index (χ1v) is 11.4. The van der Waals surface area contributed by atoms with Gasteiger partial charge < -0.3 is 10.1 Å². The minimum absolute atomic E-state index is 0.367. The summed E-state index contributed by atoms with van der Waals surface area (Å²) in [5.74, 6) is -0.367. The first kappa shape index (κ1) is 24.3. The zero-order chi connectivity index (χ0) is 20.3. The third kappa shape index (κ3) is 12.6. The molecule has 1 N–H and O–H groups in total. The van der Waals surface area contributed by atoms with Gasteiger partial charge in [0.2, 0.25) is 0 Å². The highest BCUT2D eigenvalue weighted by Gasteiger charge is 2.04. The molecule has 0 saturated heterocycles. The van der Waals surface area contributed by atoms with Gasteiger partial charge in [-0.1, -0.05) is 97.0 Å². The lowest BCUT2D eigenvalue weighted by molar-refractivity contribution is 0.0664. The SMILES string of the molecule is C=COC(=O)c1ccc(NCCCCCCCCCCCCCCCC)cc1. The van der Waals surface area contributed by atoms with E-state index in [-0.39, 0.29) is 5.97 Å². The fourth-order valence-electron chi connectivity index (χ4n) is 3.42. The fourth-order valence-corrected chi connectivity index (χ4v) is 3.42. The van der Waals surface area contributed by atoms with Crippen LogP contribution in [0.4, 0.5) is 5.69 Å². The molecular weight excluding hydrogens is 346 g/mol. The van der Waals surface area contributed by atoms with E-state index in [4.69, 9.17) is 4.74 Å². The predicted molar refractivity (Wildman–Crippen MR) is 121 cm³/mol. The smallest absolute Gasteiger partial charge is 0.342 e. The van der Waals surface area contributed by atoms with Crippen molar-refractivity contribution in [1.82, 2.24) is 0 Å². The lowest BCUT2D eigenvalue weighted by Gasteiger charge is -2.07. The number of carbonyl (C=O) groups excluding carboxylic acids is 1. The molecule has 0 aliphatic rings. The average Bonchev–Trinajstić information content (AvgIpc) is 2.71. The van der Waals surface area contributed by atoms with E-state index in [0.717, 1.165) is 18.5 Å². The molecule has 0 unspecified atom stereocenters. The van der Waals surface area contributed by atoms with Crippen molar-refractivity contribution in [2.24, 2.45) is 0 Å². The molecule has 0 aromatic heterocycles. The van der Waals surface area contributed by atoms with Gasteiger partial charge in [-0.05, 0) is 30.7 Å². The highest BCUT2D eigenvalue weighted by atomic mass is 16.5. The summed E-state index contributed by atoms with van der Waals surface area (Å²) in [4.78, 5) is 11.5. The Bertz CT molecular complexity index is 510. The molecule has 0 atom stereocenters. The van der Waals surface area contributed by atoms with Crippen molar-refractivity contribution < 1.29 is 9.53 Å². The Kier molecular flexibility index (Phi) is 15.0.